The molecule has 0 saturated carbocycles. The van der Waals surface area contributed by atoms with Crippen LogP contribution in [0.1, 0.15) is 22.8 Å². The van der Waals surface area contributed by atoms with Gasteiger partial charge in [-0.25, -0.2) is 0 Å². The Morgan fingerprint density at radius 3 is 3.00 bits per heavy atom. The van der Waals surface area contributed by atoms with Crippen molar-refractivity contribution in [3.05, 3.63) is 35.4 Å². The lowest BCUT2D eigenvalue weighted by molar-refractivity contribution is 0.0905. The monoisotopic (exact) mass is 246 g/mol. The van der Waals surface area contributed by atoms with E-state index in [0.717, 1.165) is 5.56 Å². The second-order valence-electron chi connectivity index (χ2n) is 3.92. The van der Waals surface area contributed by atoms with Gasteiger partial charge in [0, 0.05) is 24.3 Å². The van der Waals surface area contributed by atoms with E-state index in [1.165, 1.54) is 0 Å². The van der Waals surface area contributed by atoms with Gasteiger partial charge in [-0.3, -0.25) is 4.79 Å². The zero-order valence-corrected chi connectivity index (χ0v) is 10.7. The van der Waals surface area contributed by atoms with Gasteiger partial charge in [-0.2, -0.15) is 0 Å². The maximum absolute atomic E-state index is 11.9. The quantitative estimate of drug-likeness (QED) is 0.771. The Bertz CT molecular complexity index is 460. The van der Waals surface area contributed by atoms with Crippen molar-refractivity contribution >= 4 is 5.91 Å². The van der Waals surface area contributed by atoms with Gasteiger partial charge in [0.2, 0.25) is 0 Å². The number of carbonyl (C=O) groups excluding carboxylic acids is 1. The molecule has 4 nitrogen and oxygen atoms in total. The number of carbonyl (C=O) groups is 1. The van der Waals surface area contributed by atoms with Gasteiger partial charge in [0.25, 0.3) is 5.91 Å². The first-order chi connectivity index (χ1) is 8.67. The second-order valence-corrected chi connectivity index (χ2v) is 3.92. The molecule has 3 N–H and O–H groups in total. The predicted octanol–water partition coefficient (Wildman–Crippen LogP) is 0.762. The molecule has 0 aliphatic rings. The number of methoxy groups -OCH3 is 1. The fraction of sp³-hybridized carbons (Fsp3) is 0.357. The van der Waals surface area contributed by atoms with E-state index < -0.39 is 0 Å². The van der Waals surface area contributed by atoms with Crippen LogP contribution in [0.15, 0.2) is 24.3 Å². The highest BCUT2D eigenvalue weighted by Gasteiger charge is 2.09. The van der Waals surface area contributed by atoms with Crippen LogP contribution in [0.25, 0.3) is 0 Å². The van der Waals surface area contributed by atoms with Crippen molar-refractivity contribution in [2.45, 2.75) is 13.0 Å². The number of amides is 1. The average molecular weight is 246 g/mol. The lowest BCUT2D eigenvalue weighted by atomic mass is 10.1. The number of nitrogens with one attached hydrogen (secondary N) is 1. The summed E-state index contributed by atoms with van der Waals surface area (Å²) in [7, 11) is 1.60. The standard InChI is InChI=1S/C14H18N2O2/c1-11(10-18-2)16-14(17)13-7-3-5-12(9-13)6-4-8-15/h3,5,7,9,11H,8,10,15H2,1-2H3,(H,16,17). The first kappa shape index (κ1) is 14.2. The SMILES string of the molecule is COCC(C)NC(=O)c1cccc(C#CCN)c1. The van der Waals surface area contributed by atoms with Crippen LogP contribution in [0.4, 0.5) is 0 Å². The molecule has 1 amide bonds. The molecule has 1 unspecified atom stereocenters. The van der Waals surface area contributed by atoms with E-state index in [-0.39, 0.29) is 11.9 Å². The normalized spacial score (nSPS) is 11.3. The minimum atomic E-state index is -0.129. The van der Waals surface area contributed by atoms with E-state index in [4.69, 9.17) is 10.5 Å². The van der Waals surface area contributed by atoms with Crippen molar-refractivity contribution in [2.24, 2.45) is 5.73 Å². The van der Waals surface area contributed by atoms with Crippen LogP contribution in [0.5, 0.6) is 0 Å². The molecule has 1 atom stereocenters. The molecular formula is C14H18N2O2. The highest BCUT2D eigenvalue weighted by atomic mass is 16.5. The van der Waals surface area contributed by atoms with E-state index in [1.807, 2.05) is 13.0 Å². The number of hydrogen-bond acceptors (Lipinski definition) is 3. The number of rotatable bonds is 4. The molecule has 0 aliphatic carbocycles. The van der Waals surface area contributed by atoms with Crippen LogP contribution < -0.4 is 11.1 Å². The van der Waals surface area contributed by atoms with Crippen molar-refractivity contribution in [3.63, 3.8) is 0 Å². The van der Waals surface area contributed by atoms with Crippen molar-refractivity contribution in [3.8, 4) is 11.8 Å². The molecule has 0 aromatic heterocycles. The van der Waals surface area contributed by atoms with Crippen molar-refractivity contribution < 1.29 is 9.53 Å². The summed E-state index contributed by atoms with van der Waals surface area (Å²) in [6.07, 6.45) is 0. The Hall–Kier alpha value is -1.83. The van der Waals surface area contributed by atoms with Crippen LogP contribution in [-0.4, -0.2) is 32.2 Å². The van der Waals surface area contributed by atoms with Gasteiger partial charge in [0.1, 0.15) is 0 Å². The van der Waals surface area contributed by atoms with Gasteiger partial charge in [-0.15, -0.1) is 0 Å². The maximum atomic E-state index is 11.9. The zero-order valence-electron chi connectivity index (χ0n) is 10.7. The van der Waals surface area contributed by atoms with E-state index >= 15 is 0 Å². The number of nitrogens with two attached hydrogens (primary N) is 1. The zero-order chi connectivity index (χ0) is 13.4. The summed E-state index contributed by atoms with van der Waals surface area (Å²) in [5.74, 6) is 5.53. The molecule has 0 aliphatic heterocycles. The first-order valence-corrected chi connectivity index (χ1v) is 5.76. The molecule has 0 fully saturated rings. The van der Waals surface area contributed by atoms with Crippen LogP contribution in [-0.2, 0) is 4.74 Å². The molecule has 0 saturated heterocycles. The largest absolute Gasteiger partial charge is 0.383 e. The van der Waals surface area contributed by atoms with E-state index in [9.17, 15) is 4.79 Å². The van der Waals surface area contributed by atoms with Gasteiger partial charge in [-0.1, -0.05) is 17.9 Å². The molecule has 0 heterocycles. The van der Waals surface area contributed by atoms with Crippen molar-refractivity contribution in [1.29, 1.82) is 0 Å². The maximum Gasteiger partial charge on any atom is 0.251 e. The summed E-state index contributed by atoms with van der Waals surface area (Å²) in [4.78, 5) is 11.9. The third-order valence-corrected chi connectivity index (χ3v) is 2.25. The number of benzene rings is 1. The summed E-state index contributed by atoms with van der Waals surface area (Å²) in [5, 5.41) is 2.84. The van der Waals surface area contributed by atoms with Gasteiger partial charge >= 0.3 is 0 Å². The Morgan fingerprint density at radius 2 is 2.33 bits per heavy atom. The lowest BCUT2D eigenvalue weighted by Crippen LogP contribution is -2.35. The second kappa shape index (κ2) is 7.49. The summed E-state index contributed by atoms with van der Waals surface area (Å²) in [6.45, 7) is 2.68. The fourth-order valence-corrected chi connectivity index (χ4v) is 1.49. The molecule has 96 valence electrons. The molecule has 1 rings (SSSR count). The predicted molar refractivity (Wildman–Crippen MR) is 71.2 cm³/mol. The molecule has 1 aromatic rings. The minimum absolute atomic E-state index is 0.0266. The molecule has 0 bridgehead atoms. The number of hydrogen-bond donors (Lipinski definition) is 2. The van der Waals surface area contributed by atoms with Crippen LogP contribution in [0.3, 0.4) is 0 Å². The lowest BCUT2D eigenvalue weighted by Gasteiger charge is -2.12. The molecule has 0 radical (unpaired) electrons. The number of ether oxygens (including phenoxy) is 1. The summed E-state index contributed by atoms with van der Waals surface area (Å²) >= 11 is 0. The smallest absolute Gasteiger partial charge is 0.251 e. The molecular weight excluding hydrogens is 228 g/mol. The Kier molecular flexibility index (Phi) is 5.92. The molecule has 18 heavy (non-hydrogen) atoms. The Labute approximate surface area is 108 Å². The topological polar surface area (TPSA) is 64.3 Å². The van der Waals surface area contributed by atoms with E-state index in [0.29, 0.717) is 18.7 Å². The fourth-order valence-electron chi connectivity index (χ4n) is 1.49. The van der Waals surface area contributed by atoms with Gasteiger partial charge in [0.15, 0.2) is 0 Å². The Balaban J connectivity index is 2.74. The minimum Gasteiger partial charge on any atom is -0.383 e. The van der Waals surface area contributed by atoms with Crippen molar-refractivity contribution in [1.82, 2.24) is 5.32 Å². The summed E-state index contributed by atoms with van der Waals surface area (Å²) in [5.41, 5.74) is 6.68. The highest BCUT2D eigenvalue weighted by molar-refractivity contribution is 5.94. The first-order valence-electron chi connectivity index (χ1n) is 5.76. The van der Waals surface area contributed by atoms with Gasteiger partial charge in [-0.05, 0) is 25.1 Å². The van der Waals surface area contributed by atoms with E-state index in [1.54, 1.807) is 25.3 Å². The molecule has 0 spiro atoms. The van der Waals surface area contributed by atoms with E-state index in [2.05, 4.69) is 17.2 Å². The van der Waals surface area contributed by atoms with Gasteiger partial charge in [0.05, 0.1) is 13.2 Å². The van der Waals surface area contributed by atoms with Crippen LogP contribution in [0.2, 0.25) is 0 Å². The highest BCUT2D eigenvalue weighted by Crippen LogP contribution is 2.04. The van der Waals surface area contributed by atoms with Crippen LogP contribution >= 0.6 is 0 Å². The summed E-state index contributed by atoms with van der Waals surface area (Å²) < 4.78 is 4.97. The molecule has 1 aromatic carbocycles. The average Bonchev–Trinajstić information content (AvgIpc) is 2.37. The van der Waals surface area contributed by atoms with Crippen LogP contribution in [0, 0.1) is 11.8 Å². The third kappa shape index (κ3) is 4.58. The molecule has 4 heteroatoms. The summed E-state index contributed by atoms with van der Waals surface area (Å²) in [6, 6.07) is 7.12. The van der Waals surface area contributed by atoms with Crippen molar-refractivity contribution in [2.75, 3.05) is 20.3 Å². The Morgan fingerprint density at radius 1 is 1.56 bits per heavy atom. The van der Waals surface area contributed by atoms with Gasteiger partial charge < -0.3 is 15.8 Å². The third-order valence-electron chi connectivity index (χ3n) is 2.25.